The van der Waals surface area contributed by atoms with Crippen LogP contribution in [0, 0.1) is 6.92 Å². The number of pyridine rings is 1. The molecular formula is C17H19N3O4. The summed E-state index contributed by atoms with van der Waals surface area (Å²) in [4.78, 5) is 17.0. The Morgan fingerprint density at radius 2 is 2.29 bits per heavy atom. The lowest BCUT2D eigenvalue weighted by atomic mass is 10.1. The van der Waals surface area contributed by atoms with E-state index in [0.717, 1.165) is 6.42 Å². The molecule has 7 nitrogen and oxygen atoms in total. The second-order valence-electron chi connectivity index (χ2n) is 5.29. The lowest BCUT2D eigenvalue weighted by Gasteiger charge is -2.07. The first-order valence-electron chi connectivity index (χ1n) is 7.87. The smallest absolute Gasteiger partial charge is 0.259 e. The van der Waals surface area contributed by atoms with Crippen LogP contribution in [-0.4, -0.2) is 35.8 Å². The van der Waals surface area contributed by atoms with E-state index in [2.05, 4.69) is 15.5 Å². The Balaban J connectivity index is 1.87. The molecule has 0 saturated heterocycles. The minimum absolute atomic E-state index is 0.196. The minimum atomic E-state index is -0.196. The predicted molar refractivity (Wildman–Crippen MR) is 87.7 cm³/mol. The third-order valence-corrected chi connectivity index (χ3v) is 3.59. The average Bonchev–Trinajstić information content (AvgIpc) is 3.24. The summed E-state index contributed by atoms with van der Waals surface area (Å²) in [6, 6.07) is 5.24. The molecular weight excluding hydrogens is 310 g/mol. The molecule has 0 radical (unpaired) electrons. The van der Waals surface area contributed by atoms with Crippen molar-refractivity contribution >= 4 is 17.0 Å². The molecule has 0 aliphatic heterocycles. The number of nitrogens with zero attached hydrogens (tertiary/aromatic N) is 2. The van der Waals surface area contributed by atoms with Gasteiger partial charge in [0, 0.05) is 19.8 Å². The number of aromatic nitrogens is 2. The van der Waals surface area contributed by atoms with Gasteiger partial charge in [-0.3, -0.25) is 4.79 Å². The summed E-state index contributed by atoms with van der Waals surface area (Å²) < 4.78 is 15.9. The summed E-state index contributed by atoms with van der Waals surface area (Å²) in [6.07, 6.45) is 2.31. The number of carbonyl (C=O) groups excluding carboxylic acids is 1. The highest BCUT2D eigenvalue weighted by Gasteiger charge is 2.19. The van der Waals surface area contributed by atoms with Crippen LogP contribution < -0.4 is 5.32 Å². The molecule has 0 atom stereocenters. The monoisotopic (exact) mass is 329 g/mol. The predicted octanol–water partition coefficient (Wildman–Crippen LogP) is 2.95. The van der Waals surface area contributed by atoms with E-state index >= 15 is 0 Å². The number of aryl methyl sites for hydroxylation is 1. The quantitative estimate of drug-likeness (QED) is 0.670. The zero-order valence-electron chi connectivity index (χ0n) is 13.7. The summed E-state index contributed by atoms with van der Waals surface area (Å²) >= 11 is 0. The van der Waals surface area contributed by atoms with E-state index in [9.17, 15) is 4.79 Å². The number of furan rings is 1. The van der Waals surface area contributed by atoms with Gasteiger partial charge in [-0.15, -0.1) is 0 Å². The van der Waals surface area contributed by atoms with E-state index in [-0.39, 0.29) is 5.91 Å². The van der Waals surface area contributed by atoms with Crippen molar-refractivity contribution in [1.82, 2.24) is 15.5 Å². The number of fused-ring (bicyclic) bond motifs is 1. The Kier molecular flexibility index (Phi) is 4.90. The molecule has 0 aliphatic rings. The largest absolute Gasteiger partial charge is 0.463 e. The molecule has 3 aromatic rings. The molecule has 3 aromatic heterocycles. The first kappa shape index (κ1) is 16.2. The van der Waals surface area contributed by atoms with Gasteiger partial charge in [0.1, 0.15) is 5.69 Å². The third-order valence-electron chi connectivity index (χ3n) is 3.59. The number of nitrogens with one attached hydrogen (secondary N) is 1. The molecule has 3 heterocycles. The third kappa shape index (κ3) is 3.30. The van der Waals surface area contributed by atoms with Gasteiger partial charge in [0.05, 0.1) is 22.9 Å². The molecule has 0 unspecified atom stereocenters. The second kappa shape index (κ2) is 7.27. The number of hydrogen-bond acceptors (Lipinski definition) is 6. The molecule has 0 aliphatic carbocycles. The molecule has 0 aromatic carbocycles. The van der Waals surface area contributed by atoms with Crippen LogP contribution in [0.5, 0.6) is 0 Å². The van der Waals surface area contributed by atoms with Crippen LogP contribution in [0.25, 0.3) is 22.6 Å². The maximum absolute atomic E-state index is 12.6. The normalized spacial score (nSPS) is 11.1. The highest BCUT2D eigenvalue weighted by Crippen LogP contribution is 2.27. The number of carbonyl (C=O) groups is 1. The van der Waals surface area contributed by atoms with E-state index in [4.69, 9.17) is 13.7 Å². The van der Waals surface area contributed by atoms with E-state index in [1.54, 1.807) is 31.4 Å². The van der Waals surface area contributed by atoms with Crippen molar-refractivity contribution in [3.05, 3.63) is 35.7 Å². The molecule has 1 N–H and O–H groups in total. The summed E-state index contributed by atoms with van der Waals surface area (Å²) in [5, 5.41) is 7.42. The maximum atomic E-state index is 12.6. The highest BCUT2D eigenvalue weighted by molar-refractivity contribution is 6.06. The van der Waals surface area contributed by atoms with Crippen molar-refractivity contribution in [2.24, 2.45) is 0 Å². The number of ether oxygens (including phenoxy) is 1. The first-order valence-corrected chi connectivity index (χ1v) is 7.87. The lowest BCUT2D eigenvalue weighted by molar-refractivity contribution is 0.0945. The Morgan fingerprint density at radius 1 is 1.42 bits per heavy atom. The van der Waals surface area contributed by atoms with E-state index in [0.29, 0.717) is 53.6 Å². The fraction of sp³-hybridized carbons (Fsp3) is 0.353. The van der Waals surface area contributed by atoms with Crippen LogP contribution in [0.3, 0.4) is 0 Å². The Bertz CT molecular complexity index is 824. The van der Waals surface area contributed by atoms with E-state index < -0.39 is 0 Å². The Labute approximate surface area is 139 Å². The highest BCUT2D eigenvalue weighted by atomic mass is 16.5. The van der Waals surface area contributed by atoms with Gasteiger partial charge in [-0.05, 0) is 38.5 Å². The topological polar surface area (TPSA) is 90.4 Å². The molecule has 126 valence electrons. The van der Waals surface area contributed by atoms with Crippen LogP contribution in [0.2, 0.25) is 0 Å². The van der Waals surface area contributed by atoms with Crippen molar-refractivity contribution in [2.45, 2.75) is 20.3 Å². The number of amides is 1. The van der Waals surface area contributed by atoms with E-state index in [1.165, 1.54) is 0 Å². The van der Waals surface area contributed by atoms with Gasteiger partial charge in [-0.1, -0.05) is 5.16 Å². The zero-order chi connectivity index (χ0) is 16.9. The molecule has 3 rings (SSSR count). The van der Waals surface area contributed by atoms with Crippen molar-refractivity contribution in [3.63, 3.8) is 0 Å². The molecule has 0 bridgehead atoms. The molecule has 0 spiro atoms. The SMILES string of the molecule is CCOCCCNC(=O)c1cc(-c2ccco2)nc2onc(C)c12. The van der Waals surface area contributed by atoms with Gasteiger partial charge >= 0.3 is 0 Å². The minimum Gasteiger partial charge on any atom is -0.463 e. The van der Waals surface area contributed by atoms with Crippen molar-refractivity contribution in [1.29, 1.82) is 0 Å². The van der Waals surface area contributed by atoms with Gasteiger partial charge in [0.15, 0.2) is 5.76 Å². The Hall–Kier alpha value is -2.67. The van der Waals surface area contributed by atoms with E-state index in [1.807, 2.05) is 6.92 Å². The summed E-state index contributed by atoms with van der Waals surface area (Å²) in [6.45, 7) is 5.55. The van der Waals surface area contributed by atoms with Crippen molar-refractivity contribution < 1.29 is 18.5 Å². The summed E-state index contributed by atoms with van der Waals surface area (Å²) in [7, 11) is 0. The molecule has 0 fully saturated rings. The molecule has 7 heteroatoms. The molecule has 1 amide bonds. The van der Waals surface area contributed by atoms with Crippen LogP contribution in [0.4, 0.5) is 0 Å². The molecule has 24 heavy (non-hydrogen) atoms. The summed E-state index contributed by atoms with van der Waals surface area (Å²) in [5.74, 6) is 0.370. The number of hydrogen-bond donors (Lipinski definition) is 1. The summed E-state index contributed by atoms with van der Waals surface area (Å²) in [5.41, 5.74) is 1.95. The lowest BCUT2D eigenvalue weighted by Crippen LogP contribution is -2.25. The Morgan fingerprint density at radius 3 is 3.04 bits per heavy atom. The number of rotatable bonds is 7. The fourth-order valence-electron chi connectivity index (χ4n) is 2.44. The van der Waals surface area contributed by atoms with Crippen molar-refractivity contribution in [3.8, 4) is 11.5 Å². The standard InChI is InChI=1S/C17H19N3O4/c1-3-22-8-5-7-18-16(21)12-10-13(14-6-4-9-23-14)19-17-15(12)11(2)20-24-17/h4,6,9-10H,3,5,7-8H2,1-2H3,(H,18,21). The average molecular weight is 329 g/mol. The van der Waals surface area contributed by atoms with Gasteiger partial charge in [0.2, 0.25) is 0 Å². The molecule has 0 saturated carbocycles. The first-order chi connectivity index (χ1) is 11.7. The van der Waals surface area contributed by atoms with Crippen LogP contribution in [-0.2, 0) is 4.74 Å². The second-order valence-corrected chi connectivity index (χ2v) is 5.29. The van der Waals surface area contributed by atoms with Crippen LogP contribution in [0.1, 0.15) is 29.4 Å². The van der Waals surface area contributed by atoms with Gasteiger partial charge in [-0.2, -0.15) is 0 Å². The van der Waals surface area contributed by atoms with Gasteiger partial charge in [-0.25, -0.2) is 4.98 Å². The van der Waals surface area contributed by atoms with Crippen LogP contribution in [0.15, 0.2) is 33.4 Å². The zero-order valence-corrected chi connectivity index (χ0v) is 13.7. The van der Waals surface area contributed by atoms with Crippen LogP contribution >= 0.6 is 0 Å². The van der Waals surface area contributed by atoms with Gasteiger partial charge < -0.3 is 19.0 Å². The van der Waals surface area contributed by atoms with Gasteiger partial charge in [0.25, 0.3) is 11.6 Å². The maximum Gasteiger partial charge on any atom is 0.259 e. The van der Waals surface area contributed by atoms with Crippen molar-refractivity contribution in [2.75, 3.05) is 19.8 Å². The fourth-order valence-corrected chi connectivity index (χ4v) is 2.44.